The van der Waals surface area contributed by atoms with E-state index in [0.29, 0.717) is 0 Å². The van der Waals surface area contributed by atoms with Crippen molar-refractivity contribution in [3.63, 3.8) is 0 Å². The van der Waals surface area contributed by atoms with E-state index < -0.39 is 0 Å². The van der Waals surface area contributed by atoms with E-state index in [1.54, 1.807) is 0 Å². The molecule has 0 unspecified atom stereocenters. The fourth-order valence-corrected chi connectivity index (χ4v) is 2.82. The van der Waals surface area contributed by atoms with E-state index in [1.165, 1.54) is 11.3 Å². The van der Waals surface area contributed by atoms with Crippen LogP contribution in [-0.2, 0) is 4.74 Å². The highest BCUT2D eigenvalue weighted by atomic mass is 79.9. The molecule has 3 nitrogen and oxygen atoms in total. The largest absolute Gasteiger partial charge is 0.381 e. The second kappa shape index (κ2) is 5.09. The predicted molar refractivity (Wildman–Crippen MR) is 63.3 cm³/mol. The summed E-state index contributed by atoms with van der Waals surface area (Å²) in [6, 6.07) is 4.00. The van der Waals surface area contributed by atoms with Gasteiger partial charge >= 0.3 is 0 Å². The van der Waals surface area contributed by atoms with Crippen molar-refractivity contribution in [1.82, 2.24) is 5.32 Å². The standard InChI is InChI=1S/C10H12BrNO2S/c11-9-2-1-8(15-9)10(13)12-7-3-5-14-6-4-7/h1-2,7H,3-6H2,(H,12,13). The van der Waals surface area contributed by atoms with E-state index in [-0.39, 0.29) is 11.9 Å². The van der Waals surface area contributed by atoms with E-state index in [2.05, 4.69) is 21.2 Å². The fraction of sp³-hybridized carbons (Fsp3) is 0.500. The lowest BCUT2D eigenvalue weighted by atomic mass is 10.1. The van der Waals surface area contributed by atoms with Crippen LogP contribution in [0.5, 0.6) is 0 Å². The van der Waals surface area contributed by atoms with Gasteiger partial charge in [0.15, 0.2) is 0 Å². The molecule has 1 amide bonds. The number of hydrogen-bond acceptors (Lipinski definition) is 3. The van der Waals surface area contributed by atoms with Crippen molar-refractivity contribution < 1.29 is 9.53 Å². The molecule has 0 saturated carbocycles. The predicted octanol–water partition coefficient (Wildman–Crippen LogP) is 2.42. The number of thiophene rings is 1. The Morgan fingerprint density at radius 3 is 2.80 bits per heavy atom. The summed E-state index contributed by atoms with van der Waals surface area (Å²) in [7, 11) is 0. The van der Waals surface area contributed by atoms with E-state index >= 15 is 0 Å². The van der Waals surface area contributed by atoms with E-state index in [0.717, 1.165) is 34.7 Å². The summed E-state index contributed by atoms with van der Waals surface area (Å²) in [4.78, 5) is 12.5. The molecule has 2 rings (SSSR count). The molecule has 0 radical (unpaired) electrons. The Hall–Kier alpha value is -0.390. The van der Waals surface area contributed by atoms with Crippen LogP contribution in [0.25, 0.3) is 0 Å². The lowest BCUT2D eigenvalue weighted by Gasteiger charge is -2.22. The fourth-order valence-electron chi connectivity index (χ4n) is 1.53. The van der Waals surface area contributed by atoms with Crippen LogP contribution in [-0.4, -0.2) is 25.2 Å². The van der Waals surface area contributed by atoms with Gasteiger partial charge in [-0.2, -0.15) is 0 Å². The van der Waals surface area contributed by atoms with Crippen LogP contribution in [0, 0.1) is 0 Å². The average Bonchev–Trinajstić information content (AvgIpc) is 2.66. The second-order valence-corrected chi connectivity index (χ2v) is 5.93. The average molecular weight is 290 g/mol. The SMILES string of the molecule is O=C(NC1CCOCC1)c1ccc(Br)s1. The zero-order valence-electron chi connectivity index (χ0n) is 8.16. The molecule has 1 aromatic heterocycles. The molecule has 1 fully saturated rings. The molecule has 0 bridgehead atoms. The zero-order valence-corrected chi connectivity index (χ0v) is 10.6. The molecule has 15 heavy (non-hydrogen) atoms. The number of carbonyl (C=O) groups excluding carboxylic acids is 1. The first-order valence-corrected chi connectivity index (χ1v) is 6.50. The molecular weight excluding hydrogens is 278 g/mol. The molecule has 1 N–H and O–H groups in total. The van der Waals surface area contributed by atoms with Crippen LogP contribution in [0.4, 0.5) is 0 Å². The summed E-state index contributed by atoms with van der Waals surface area (Å²) in [5.41, 5.74) is 0. The van der Waals surface area contributed by atoms with Gasteiger partial charge < -0.3 is 10.1 Å². The molecule has 1 saturated heterocycles. The van der Waals surface area contributed by atoms with Crippen molar-refractivity contribution in [2.24, 2.45) is 0 Å². The first-order valence-electron chi connectivity index (χ1n) is 4.89. The lowest BCUT2D eigenvalue weighted by molar-refractivity contribution is 0.0698. The number of ether oxygens (including phenoxy) is 1. The van der Waals surface area contributed by atoms with E-state index in [1.807, 2.05) is 12.1 Å². The minimum Gasteiger partial charge on any atom is -0.381 e. The van der Waals surface area contributed by atoms with Gasteiger partial charge in [0.2, 0.25) is 0 Å². The normalized spacial score (nSPS) is 17.7. The number of carbonyl (C=O) groups is 1. The van der Waals surface area contributed by atoms with Crippen molar-refractivity contribution >= 4 is 33.2 Å². The minimum absolute atomic E-state index is 0.0256. The summed E-state index contributed by atoms with van der Waals surface area (Å²) in [5, 5.41) is 3.02. The Morgan fingerprint density at radius 2 is 2.20 bits per heavy atom. The van der Waals surface area contributed by atoms with Crippen LogP contribution >= 0.6 is 27.3 Å². The summed E-state index contributed by atoms with van der Waals surface area (Å²) < 4.78 is 6.22. The number of hydrogen-bond donors (Lipinski definition) is 1. The third-order valence-corrected chi connectivity index (χ3v) is 3.98. The maximum atomic E-state index is 11.8. The summed E-state index contributed by atoms with van der Waals surface area (Å²) in [6.45, 7) is 1.50. The van der Waals surface area contributed by atoms with Crippen molar-refractivity contribution in [1.29, 1.82) is 0 Å². The van der Waals surface area contributed by atoms with Gasteiger partial charge in [-0.15, -0.1) is 11.3 Å². The van der Waals surface area contributed by atoms with E-state index in [4.69, 9.17) is 4.74 Å². The van der Waals surface area contributed by atoms with Gasteiger partial charge in [0.05, 0.1) is 8.66 Å². The summed E-state index contributed by atoms with van der Waals surface area (Å²) >= 11 is 4.80. The van der Waals surface area contributed by atoms with Gasteiger partial charge in [0, 0.05) is 19.3 Å². The monoisotopic (exact) mass is 289 g/mol. The zero-order chi connectivity index (χ0) is 10.7. The Morgan fingerprint density at radius 1 is 1.47 bits per heavy atom. The van der Waals surface area contributed by atoms with Crippen LogP contribution in [0.2, 0.25) is 0 Å². The Labute approximate surface area is 101 Å². The highest BCUT2D eigenvalue weighted by Crippen LogP contribution is 2.22. The molecule has 0 spiro atoms. The number of nitrogens with one attached hydrogen (secondary N) is 1. The molecule has 5 heteroatoms. The molecular formula is C10H12BrNO2S. The second-order valence-electron chi connectivity index (χ2n) is 3.46. The first-order chi connectivity index (χ1) is 7.25. The molecule has 1 aliphatic rings. The van der Waals surface area contributed by atoms with Crippen LogP contribution in [0.15, 0.2) is 15.9 Å². The van der Waals surface area contributed by atoms with Gasteiger partial charge in [-0.1, -0.05) is 0 Å². The van der Waals surface area contributed by atoms with Crippen LogP contribution in [0.3, 0.4) is 0 Å². The van der Waals surface area contributed by atoms with Gasteiger partial charge in [-0.05, 0) is 40.9 Å². The van der Waals surface area contributed by atoms with Crippen molar-refractivity contribution in [3.8, 4) is 0 Å². The third kappa shape index (κ3) is 3.03. The molecule has 1 aromatic rings. The first kappa shape index (κ1) is 11.1. The molecule has 0 aromatic carbocycles. The van der Waals surface area contributed by atoms with Gasteiger partial charge in [0.25, 0.3) is 5.91 Å². The lowest BCUT2D eigenvalue weighted by Crippen LogP contribution is -2.38. The highest BCUT2D eigenvalue weighted by Gasteiger charge is 2.17. The minimum atomic E-state index is 0.0256. The highest BCUT2D eigenvalue weighted by molar-refractivity contribution is 9.11. The molecule has 0 aliphatic carbocycles. The summed E-state index contributed by atoms with van der Waals surface area (Å²) in [6.07, 6.45) is 1.83. The maximum Gasteiger partial charge on any atom is 0.261 e. The number of halogens is 1. The third-order valence-electron chi connectivity index (χ3n) is 2.35. The van der Waals surface area contributed by atoms with E-state index in [9.17, 15) is 4.79 Å². The van der Waals surface area contributed by atoms with Crippen molar-refractivity contribution in [3.05, 3.63) is 20.8 Å². The molecule has 1 aliphatic heterocycles. The Bertz CT molecular complexity index is 347. The topological polar surface area (TPSA) is 38.3 Å². The van der Waals surface area contributed by atoms with Gasteiger partial charge in [0.1, 0.15) is 0 Å². The quantitative estimate of drug-likeness (QED) is 0.908. The molecule has 0 atom stereocenters. The van der Waals surface area contributed by atoms with Crippen LogP contribution < -0.4 is 5.32 Å². The summed E-state index contributed by atoms with van der Waals surface area (Å²) in [5.74, 6) is 0.0256. The Kier molecular flexibility index (Phi) is 3.77. The van der Waals surface area contributed by atoms with Crippen molar-refractivity contribution in [2.45, 2.75) is 18.9 Å². The maximum absolute atomic E-state index is 11.8. The Balaban J connectivity index is 1.91. The number of amides is 1. The smallest absolute Gasteiger partial charge is 0.261 e. The van der Waals surface area contributed by atoms with Crippen molar-refractivity contribution in [2.75, 3.05) is 13.2 Å². The number of rotatable bonds is 2. The van der Waals surface area contributed by atoms with Crippen LogP contribution in [0.1, 0.15) is 22.5 Å². The molecule has 2 heterocycles. The molecule has 82 valence electrons. The van der Waals surface area contributed by atoms with Gasteiger partial charge in [-0.3, -0.25) is 4.79 Å². The van der Waals surface area contributed by atoms with Gasteiger partial charge in [-0.25, -0.2) is 0 Å².